The predicted octanol–water partition coefficient (Wildman–Crippen LogP) is 5.57. The number of hydrogen-bond acceptors (Lipinski definition) is 3. The second kappa shape index (κ2) is 8.11. The van der Waals surface area contributed by atoms with E-state index in [2.05, 4.69) is 0 Å². The van der Waals surface area contributed by atoms with E-state index in [1.807, 2.05) is 66.7 Å². The largest absolute Gasteiger partial charge is 0.508 e. The van der Waals surface area contributed by atoms with Gasteiger partial charge in [-0.05, 0) is 34.9 Å². The molecule has 0 fully saturated rings. The van der Waals surface area contributed by atoms with Crippen LogP contribution in [0.1, 0.15) is 33.7 Å². The van der Waals surface area contributed by atoms with Gasteiger partial charge in [0.05, 0.1) is 0 Å². The van der Waals surface area contributed by atoms with Crippen LogP contribution in [0.15, 0.2) is 97.1 Å². The zero-order chi connectivity index (χ0) is 20.2. The second-order valence-corrected chi connectivity index (χ2v) is 7.10. The molecule has 3 nitrogen and oxygen atoms in total. The van der Waals surface area contributed by atoms with Gasteiger partial charge in [-0.25, -0.2) is 0 Å². The summed E-state index contributed by atoms with van der Waals surface area (Å²) in [7, 11) is 0. The van der Waals surface area contributed by atoms with Gasteiger partial charge < -0.3 is 15.3 Å². The third-order valence-electron chi connectivity index (χ3n) is 5.19. The molecule has 0 saturated carbocycles. The van der Waals surface area contributed by atoms with Crippen molar-refractivity contribution < 1.29 is 15.3 Å². The maximum Gasteiger partial charge on any atom is 0.119 e. The number of phenolic OH excluding ortho intramolecular Hbond substituents is 3. The maximum atomic E-state index is 10.5. The standard InChI is InChI=1S/C26H22O3/c27-23-10-4-1-7-20(23)17-18-13-15-19(16-14-18)26(21-8-2-5-11-24(21)28)22-9-3-6-12-25(22)29/h1-16,26-29H,17H2. The summed E-state index contributed by atoms with van der Waals surface area (Å²) in [6, 6.07) is 29.8. The SMILES string of the molecule is Oc1ccccc1Cc1ccc(C(c2ccccc2O)c2ccccc2O)cc1. The molecule has 0 saturated heterocycles. The summed E-state index contributed by atoms with van der Waals surface area (Å²) in [5, 5.41) is 30.9. The molecule has 0 bridgehead atoms. The lowest BCUT2D eigenvalue weighted by Crippen LogP contribution is -2.04. The van der Waals surface area contributed by atoms with Gasteiger partial charge in [-0.3, -0.25) is 0 Å². The van der Waals surface area contributed by atoms with Crippen molar-refractivity contribution in [3.63, 3.8) is 0 Å². The second-order valence-electron chi connectivity index (χ2n) is 7.10. The lowest BCUT2D eigenvalue weighted by Gasteiger charge is -2.21. The molecule has 4 aromatic rings. The summed E-state index contributed by atoms with van der Waals surface area (Å²) in [5.74, 6) is 0.382. The third-order valence-corrected chi connectivity index (χ3v) is 5.19. The number of para-hydroxylation sites is 3. The molecule has 0 aromatic heterocycles. The minimum Gasteiger partial charge on any atom is -0.508 e. The van der Waals surface area contributed by atoms with Crippen molar-refractivity contribution in [3.8, 4) is 17.2 Å². The van der Waals surface area contributed by atoms with Gasteiger partial charge in [0.2, 0.25) is 0 Å². The molecule has 29 heavy (non-hydrogen) atoms. The number of aromatic hydroxyl groups is 3. The number of hydrogen-bond donors (Lipinski definition) is 3. The molecule has 0 radical (unpaired) electrons. The molecule has 0 heterocycles. The number of rotatable bonds is 5. The monoisotopic (exact) mass is 382 g/mol. The van der Waals surface area contributed by atoms with Crippen LogP contribution >= 0.6 is 0 Å². The Morgan fingerprint density at radius 3 is 1.52 bits per heavy atom. The van der Waals surface area contributed by atoms with E-state index in [0.717, 1.165) is 27.8 Å². The quantitative estimate of drug-likeness (QED) is 0.395. The molecular weight excluding hydrogens is 360 g/mol. The first kappa shape index (κ1) is 18.6. The van der Waals surface area contributed by atoms with Crippen molar-refractivity contribution in [2.75, 3.05) is 0 Å². The molecule has 0 spiro atoms. The highest BCUT2D eigenvalue weighted by atomic mass is 16.3. The summed E-state index contributed by atoms with van der Waals surface area (Å²) in [4.78, 5) is 0. The Morgan fingerprint density at radius 1 is 0.517 bits per heavy atom. The van der Waals surface area contributed by atoms with Gasteiger partial charge in [-0.15, -0.1) is 0 Å². The van der Waals surface area contributed by atoms with Crippen LogP contribution in [0, 0.1) is 0 Å². The fourth-order valence-corrected chi connectivity index (χ4v) is 3.70. The molecule has 0 aliphatic carbocycles. The summed E-state index contributed by atoms with van der Waals surface area (Å²) in [5.41, 5.74) is 4.39. The van der Waals surface area contributed by atoms with Gasteiger partial charge >= 0.3 is 0 Å². The van der Waals surface area contributed by atoms with Crippen LogP contribution in [0.3, 0.4) is 0 Å². The van der Waals surface area contributed by atoms with Crippen LogP contribution in [0.25, 0.3) is 0 Å². The van der Waals surface area contributed by atoms with Crippen molar-refractivity contribution >= 4 is 0 Å². The smallest absolute Gasteiger partial charge is 0.119 e. The molecule has 0 aliphatic rings. The summed E-state index contributed by atoms with van der Waals surface area (Å²) < 4.78 is 0. The minimum absolute atomic E-state index is 0.194. The molecule has 0 amide bonds. The molecule has 4 rings (SSSR count). The van der Waals surface area contributed by atoms with Crippen molar-refractivity contribution in [1.29, 1.82) is 0 Å². The fourth-order valence-electron chi connectivity index (χ4n) is 3.70. The molecular formula is C26H22O3. The Hall–Kier alpha value is -3.72. The van der Waals surface area contributed by atoms with Crippen molar-refractivity contribution in [3.05, 3.63) is 125 Å². The van der Waals surface area contributed by atoms with E-state index in [1.165, 1.54) is 0 Å². The van der Waals surface area contributed by atoms with Crippen molar-refractivity contribution in [1.82, 2.24) is 0 Å². The summed E-state index contributed by atoms with van der Waals surface area (Å²) in [6.45, 7) is 0. The molecule has 0 aliphatic heterocycles. The zero-order valence-corrected chi connectivity index (χ0v) is 15.9. The highest BCUT2D eigenvalue weighted by Crippen LogP contribution is 2.40. The normalized spacial score (nSPS) is 10.9. The Balaban J connectivity index is 1.73. The van der Waals surface area contributed by atoms with Crippen LogP contribution in [0.4, 0.5) is 0 Å². The van der Waals surface area contributed by atoms with Crippen LogP contribution in [-0.2, 0) is 6.42 Å². The van der Waals surface area contributed by atoms with Crippen LogP contribution in [0.5, 0.6) is 17.2 Å². The first-order valence-electron chi connectivity index (χ1n) is 9.55. The van der Waals surface area contributed by atoms with Gasteiger partial charge in [0.15, 0.2) is 0 Å². The molecule has 3 N–H and O–H groups in total. The van der Waals surface area contributed by atoms with Crippen LogP contribution in [0.2, 0.25) is 0 Å². The Kier molecular flexibility index (Phi) is 5.21. The Bertz CT molecular complexity index is 1070. The Morgan fingerprint density at radius 2 is 1.00 bits per heavy atom. The van der Waals surface area contributed by atoms with Crippen LogP contribution < -0.4 is 0 Å². The average molecular weight is 382 g/mol. The maximum absolute atomic E-state index is 10.5. The minimum atomic E-state index is -0.295. The average Bonchev–Trinajstić information content (AvgIpc) is 2.74. The highest BCUT2D eigenvalue weighted by Gasteiger charge is 2.22. The van der Waals surface area contributed by atoms with Gasteiger partial charge in [-0.1, -0.05) is 78.9 Å². The summed E-state index contributed by atoms with van der Waals surface area (Å²) in [6.07, 6.45) is 0.630. The first-order chi connectivity index (χ1) is 14.1. The zero-order valence-electron chi connectivity index (χ0n) is 15.9. The van der Waals surface area contributed by atoms with E-state index in [4.69, 9.17) is 0 Å². The fraction of sp³-hybridized carbons (Fsp3) is 0.0769. The van der Waals surface area contributed by atoms with E-state index in [9.17, 15) is 15.3 Å². The predicted molar refractivity (Wildman–Crippen MR) is 115 cm³/mol. The van der Waals surface area contributed by atoms with E-state index in [0.29, 0.717) is 6.42 Å². The molecule has 0 unspecified atom stereocenters. The van der Waals surface area contributed by atoms with Gasteiger partial charge in [0, 0.05) is 23.5 Å². The van der Waals surface area contributed by atoms with E-state index in [1.54, 1.807) is 30.3 Å². The van der Waals surface area contributed by atoms with Crippen LogP contribution in [-0.4, -0.2) is 15.3 Å². The van der Waals surface area contributed by atoms with E-state index >= 15 is 0 Å². The van der Waals surface area contributed by atoms with E-state index < -0.39 is 0 Å². The molecule has 144 valence electrons. The number of benzene rings is 4. The highest BCUT2D eigenvalue weighted by molar-refractivity contribution is 5.52. The number of phenols is 3. The van der Waals surface area contributed by atoms with Gasteiger partial charge in [0.1, 0.15) is 17.2 Å². The lowest BCUT2D eigenvalue weighted by atomic mass is 9.83. The van der Waals surface area contributed by atoms with Crippen molar-refractivity contribution in [2.45, 2.75) is 12.3 Å². The Labute approximate surface area is 170 Å². The van der Waals surface area contributed by atoms with E-state index in [-0.39, 0.29) is 23.2 Å². The van der Waals surface area contributed by atoms with Crippen molar-refractivity contribution in [2.24, 2.45) is 0 Å². The first-order valence-corrected chi connectivity index (χ1v) is 9.55. The molecule has 0 atom stereocenters. The van der Waals surface area contributed by atoms with Gasteiger partial charge in [-0.2, -0.15) is 0 Å². The summed E-state index contributed by atoms with van der Waals surface area (Å²) >= 11 is 0. The molecule has 3 heteroatoms. The lowest BCUT2D eigenvalue weighted by molar-refractivity contribution is 0.458. The topological polar surface area (TPSA) is 60.7 Å². The third kappa shape index (κ3) is 3.94. The molecule has 4 aromatic carbocycles. The van der Waals surface area contributed by atoms with Gasteiger partial charge in [0.25, 0.3) is 0 Å².